The highest BCUT2D eigenvalue weighted by atomic mass is 16.2. The normalized spacial score (nSPS) is 20.1. The summed E-state index contributed by atoms with van der Waals surface area (Å²) in [5, 5.41) is 3.43. The second-order valence-electron chi connectivity index (χ2n) is 6.40. The van der Waals surface area contributed by atoms with Crippen molar-refractivity contribution in [1.29, 1.82) is 0 Å². The number of rotatable bonds is 2. The van der Waals surface area contributed by atoms with Crippen LogP contribution in [0.15, 0.2) is 24.3 Å². The van der Waals surface area contributed by atoms with E-state index in [0.717, 1.165) is 37.3 Å². The Balaban J connectivity index is 1.71. The minimum atomic E-state index is 0.318. The van der Waals surface area contributed by atoms with Gasteiger partial charge in [0, 0.05) is 19.5 Å². The second-order valence-corrected chi connectivity index (χ2v) is 6.40. The topological polar surface area (TPSA) is 32.3 Å². The molecular weight excluding hydrogens is 260 g/mol. The van der Waals surface area contributed by atoms with Crippen LogP contribution in [0, 0.1) is 5.92 Å². The zero-order chi connectivity index (χ0) is 14.5. The van der Waals surface area contributed by atoms with Crippen molar-refractivity contribution in [3.63, 3.8) is 0 Å². The zero-order valence-electron chi connectivity index (χ0n) is 12.8. The first kappa shape index (κ1) is 14.4. The van der Waals surface area contributed by atoms with Gasteiger partial charge >= 0.3 is 0 Å². The summed E-state index contributed by atoms with van der Waals surface area (Å²) in [5.74, 6) is 0.918. The van der Waals surface area contributed by atoms with Crippen LogP contribution < -0.4 is 10.2 Å². The van der Waals surface area contributed by atoms with Crippen LogP contribution >= 0.6 is 0 Å². The molecule has 1 amide bonds. The van der Waals surface area contributed by atoms with E-state index in [1.165, 1.54) is 38.5 Å². The van der Waals surface area contributed by atoms with Gasteiger partial charge in [0.15, 0.2) is 0 Å². The molecule has 0 bridgehead atoms. The molecule has 1 aromatic carbocycles. The number of hydrogen-bond acceptors (Lipinski definition) is 2. The van der Waals surface area contributed by atoms with Crippen LogP contribution in [0.1, 0.15) is 51.4 Å². The van der Waals surface area contributed by atoms with Crippen molar-refractivity contribution in [2.75, 3.05) is 23.3 Å². The number of hydrogen-bond donors (Lipinski definition) is 1. The SMILES string of the molecule is O=C(CC1CCCCCC1)N1CCCNc2ccccc21. The van der Waals surface area contributed by atoms with Gasteiger partial charge in [0.2, 0.25) is 5.91 Å². The maximum Gasteiger partial charge on any atom is 0.227 e. The van der Waals surface area contributed by atoms with E-state index in [-0.39, 0.29) is 0 Å². The predicted molar refractivity (Wildman–Crippen MR) is 87.7 cm³/mol. The van der Waals surface area contributed by atoms with Crippen molar-refractivity contribution < 1.29 is 4.79 Å². The molecule has 0 unspecified atom stereocenters. The lowest BCUT2D eigenvalue weighted by molar-refractivity contribution is -0.119. The van der Waals surface area contributed by atoms with E-state index in [0.29, 0.717) is 11.8 Å². The van der Waals surface area contributed by atoms with Gasteiger partial charge in [0.05, 0.1) is 11.4 Å². The van der Waals surface area contributed by atoms with Crippen molar-refractivity contribution >= 4 is 17.3 Å². The third-order valence-electron chi connectivity index (χ3n) is 4.81. The standard InChI is InChI=1S/C18H26N2O/c21-18(14-15-8-3-1-2-4-9-15)20-13-7-12-19-16-10-5-6-11-17(16)20/h5-6,10-11,15,19H,1-4,7-9,12-14H2. The average molecular weight is 286 g/mol. The number of para-hydroxylation sites is 2. The minimum absolute atomic E-state index is 0.318. The van der Waals surface area contributed by atoms with E-state index in [1.54, 1.807) is 0 Å². The molecule has 21 heavy (non-hydrogen) atoms. The Bertz CT molecular complexity index is 478. The van der Waals surface area contributed by atoms with E-state index in [4.69, 9.17) is 0 Å². The van der Waals surface area contributed by atoms with Gasteiger partial charge in [0.25, 0.3) is 0 Å². The highest BCUT2D eigenvalue weighted by molar-refractivity contribution is 5.97. The summed E-state index contributed by atoms with van der Waals surface area (Å²) in [6.45, 7) is 1.79. The van der Waals surface area contributed by atoms with Gasteiger partial charge in [-0.2, -0.15) is 0 Å². The molecule has 0 spiro atoms. The van der Waals surface area contributed by atoms with Gasteiger partial charge in [-0.25, -0.2) is 0 Å². The summed E-state index contributed by atoms with van der Waals surface area (Å²) in [5.41, 5.74) is 2.16. The molecular formula is C18H26N2O. The Morgan fingerprint density at radius 3 is 2.67 bits per heavy atom. The molecule has 0 atom stereocenters. The molecule has 1 fully saturated rings. The van der Waals surface area contributed by atoms with Crippen molar-refractivity contribution in [3.8, 4) is 0 Å². The van der Waals surface area contributed by atoms with E-state index in [2.05, 4.69) is 17.4 Å². The summed E-state index contributed by atoms with van der Waals surface area (Å²) in [4.78, 5) is 14.8. The van der Waals surface area contributed by atoms with Crippen LogP contribution in [0.25, 0.3) is 0 Å². The molecule has 114 valence electrons. The second kappa shape index (κ2) is 6.97. The third-order valence-corrected chi connectivity index (χ3v) is 4.81. The Morgan fingerprint density at radius 1 is 1.10 bits per heavy atom. The Morgan fingerprint density at radius 2 is 1.86 bits per heavy atom. The fourth-order valence-corrected chi connectivity index (χ4v) is 3.62. The van der Waals surface area contributed by atoms with E-state index >= 15 is 0 Å². The first-order valence-corrected chi connectivity index (χ1v) is 8.48. The fourth-order valence-electron chi connectivity index (χ4n) is 3.62. The number of benzene rings is 1. The number of fused-ring (bicyclic) bond motifs is 1. The summed E-state index contributed by atoms with van der Waals surface area (Å²) in [6, 6.07) is 8.20. The summed E-state index contributed by atoms with van der Waals surface area (Å²) >= 11 is 0. The number of carbonyl (C=O) groups excluding carboxylic acids is 1. The van der Waals surface area contributed by atoms with Gasteiger partial charge < -0.3 is 10.2 Å². The lowest BCUT2D eigenvalue weighted by Crippen LogP contribution is -2.32. The largest absolute Gasteiger partial charge is 0.383 e. The van der Waals surface area contributed by atoms with Gasteiger partial charge in [0.1, 0.15) is 0 Å². The van der Waals surface area contributed by atoms with Crippen LogP contribution in [0.3, 0.4) is 0 Å². The van der Waals surface area contributed by atoms with E-state index in [1.807, 2.05) is 17.0 Å². The Kier molecular flexibility index (Phi) is 4.79. The van der Waals surface area contributed by atoms with Crippen LogP contribution in [-0.2, 0) is 4.79 Å². The van der Waals surface area contributed by atoms with Crippen molar-refractivity contribution in [3.05, 3.63) is 24.3 Å². The first-order valence-electron chi connectivity index (χ1n) is 8.48. The van der Waals surface area contributed by atoms with E-state index in [9.17, 15) is 4.79 Å². The lowest BCUT2D eigenvalue weighted by Gasteiger charge is -2.24. The fraction of sp³-hybridized carbons (Fsp3) is 0.611. The Hall–Kier alpha value is -1.51. The zero-order valence-corrected chi connectivity index (χ0v) is 12.8. The molecule has 1 saturated carbocycles. The molecule has 3 rings (SSSR count). The number of nitrogens with zero attached hydrogens (tertiary/aromatic N) is 1. The minimum Gasteiger partial charge on any atom is -0.383 e. The summed E-state index contributed by atoms with van der Waals surface area (Å²) in [7, 11) is 0. The highest BCUT2D eigenvalue weighted by Gasteiger charge is 2.24. The molecule has 3 heteroatoms. The third kappa shape index (κ3) is 3.58. The maximum absolute atomic E-state index is 12.8. The molecule has 0 saturated heterocycles. The molecule has 1 N–H and O–H groups in total. The summed E-state index contributed by atoms with van der Waals surface area (Å²) < 4.78 is 0. The van der Waals surface area contributed by atoms with Crippen molar-refractivity contribution in [1.82, 2.24) is 0 Å². The molecule has 3 nitrogen and oxygen atoms in total. The first-order chi connectivity index (χ1) is 10.3. The molecule has 1 aliphatic heterocycles. The number of carbonyl (C=O) groups is 1. The lowest BCUT2D eigenvalue weighted by atomic mass is 9.96. The molecule has 1 aliphatic carbocycles. The molecule has 0 radical (unpaired) electrons. The number of amides is 1. The summed E-state index contributed by atoms with van der Waals surface area (Å²) in [6.07, 6.45) is 9.52. The molecule has 1 aromatic rings. The van der Waals surface area contributed by atoms with Crippen LogP contribution in [-0.4, -0.2) is 19.0 Å². The van der Waals surface area contributed by atoms with Gasteiger partial charge in [-0.15, -0.1) is 0 Å². The highest BCUT2D eigenvalue weighted by Crippen LogP contribution is 2.31. The molecule has 2 aliphatic rings. The smallest absolute Gasteiger partial charge is 0.227 e. The quantitative estimate of drug-likeness (QED) is 0.827. The monoisotopic (exact) mass is 286 g/mol. The van der Waals surface area contributed by atoms with Gasteiger partial charge in [-0.3, -0.25) is 4.79 Å². The van der Waals surface area contributed by atoms with Crippen LogP contribution in [0.2, 0.25) is 0 Å². The van der Waals surface area contributed by atoms with Crippen LogP contribution in [0.5, 0.6) is 0 Å². The number of anilines is 2. The van der Waals surface area contributed by atoms with Crippen LogP contribution in [0.4, 0.5) is 11.4 Å². The molecule has 0 aromatic heterocycles. The van der Waals surface area contributed by atoms with Gasteiger partial charge in [-0.1, -0.05) is 37.8 Å². The maximum atomic E-state index is 12.8. The number of nitrogens with one attached hydrogen (secondary N) is 1. The predicted octanol–water partition coefficient (Wildman–Crippen LogP) is 4.20. The van der Waals surface area contributed by atoms with Gasteiger partial charge in [-0.05, 0) is 37.3 Å². The van der Waals surface area contributed by atoms with Crippen molar-refractivity contribution in [2.45, 2.75) is 51.4 Å². The molecule has 1 heterocycles. The van der Waals surface area contributed by atoms with Crippen molar-refractivity contribution in [2.24, 2.45) is 5.92 Å². The van der Waals surface area contributed by atoms with E-state index < -0.39 is 0 Å². The average Bonchev–Trinajstić information content (AvgIpc) is 2.87. The Labute approximate surface area is 127 Å².